The van der Waals surface area contributed by atoms with Crippen molar-refractivity contribution < 1.29 is 10.0 Å². The Morgan fingerprint density at radius 2 is 2.15 bits per heavy atom. The summed E-state index contributed by atoms with van der Waals surface area (Å²) in [5, 5.41) is 15.2. The van der Waals surface area contributed by atoms with Gasteiger partial charge in [-0.1, -0.05) is 36.0 Å². The number of nitrogens with zero attached hydrogens (tertiary/aromatic N) is 2. The first-order valence-corrected chi connectivity index (χ1v) is 6.87. The zero-order chi connectivity index (χ0) is 14.6. The third kappa shape index (κ3) is 2.85. The first-order valence-electron chi connectivity index (χ1n) is 6.49. The molecule has 7 heteroatoms. The number of aromatic nitrogens is 1. The molecule has 0 aromatic carbocycles. The lowest BCUT2D eigenvalue weighted by Gasteiger charge is -2.36. The van der Waals surface area contributed by atoms with E-state index in [-0.39, 0.29) is 16.8 Å². The van der Waals surface area contributed by atoms with E-state index >= 15 is 0 Å². The number of halogens is 1. The van der Waals surface area contributed by atoms with E-state index in [1.807, 2.05) is 0 Å². The fourth-order valence-electron chi connectivity index (χ4n) is 2.54. The Kier molecular flexibility index (Phi) is 4.44. The molecule has 20 heavy (non-hydrogen) atoms. The van der Waals surface area contributed by atoms with E-state index in [0.29, 0.717) is 18.4 Å². The molecule has 0 aliphatic heterocycles. The lowest BCUT2D eigenvalue weighted by molar-refractivity contribution is 0.0906. The number of hydrogen-bond acceptors (Lipinski definition) is 4. The topological polar surface area (TPSA) is 101 Å². The number of nitrogens with one attached hydrogen (secondary N) is 1. The number of amidine groups is 1. The van der Waals surface area contributed by atoms with Gasteiger partial charge < -0.3 is 16.3 Å². The average molecular weight is 297 g/mol. The number of amides is 1. The molecule has 0 unspecified atom stereocenters. The van der Waals surface area contributed by atoms with Gasteiger partial charge in [0.25, 0.3) is 5.91 Å². The zero-order valence-electron chi connectivity index (χ0n) is 11.0. The molecule has 1 amide bonds. The second-order valence-electron chi connectivity index (χ2n) is 4.94. The van der Waals surface area contributed by atoms with Crippen LogP contribution in [0.3, 0.4) is 0 Å². The molecule has 1 fully saturated rings. The normalized spacial score (nSPS) is 18.6. The number of hydrogen-bond donors (Lipinski definition) is 3. The van der Waals surface area contributed by atoms with Crippen molar-refractivity contribution in [3.05, 3.63) is 29.0 Å². The fourth-order valence-corrected chi connectivity index (χ4v) is 2.75. The standard InChI is InChI=1S/C13H17ClN4O2/c14-10-8-16-7-4-9(10)11(19)17-13(12(15)18-20)5-2-1-3-6-13/h4,7-8,20H,1-3,5-6H2,(H2,15,18)(H,17,19). The minimum atomic E-state index is -0.795. The zero-order valence-corrected chi connectivity index (χ0v) is 11.7. The molecule has 2 rings (SSSR count). The SMILES string of the molecule is NC(=NO)C1(NC(=O)c2ccncc2Cl)CCCCC1. The highest BCUT2D eigenvalue weighted by molar-refractivity contribution is 6.33. The monoisotopic (exact) mass is 296 g/mol. The van der Waals surface area contributed by atoms with Crippen LogP contribution in [0.4, 0.5) is 0 Å². The van der Waals surface area contributed by atoms with E-state index < -0.39 is 5.54 Å². The third-order valence-corrected chi connectivity index (χ3v) is 3.98. The predicted molar refractivity (Wildman–Crippen MR) is 75.9 cm³/mol. The van der Waals surface area contributed by atoms with Crippen LogP contribution >= 0.6 is 11.6 Å². The van der Waals surface area contributed by atoms with Gasteiger partial charge in [0, 0.05) is 12.4 Å². The highest BCUT2D eigenvalue weighted by Crippen LogP contribution is 2.29. The molecule has 0 bridgehead atoms. The Bertz CT molecular complexity index is 527. The number of carbonyl (C=O) groups excluding carboxylic acids is 1. The second kappa shape index (κ2) is 6.09. The maximum atomic E-state index is 12.3. The molecule has 0 atom stereocenters. The summed E-state index contributed by atoms with van der Waals surface area (Å²) in [6, 6.07) is 1.54. The molecule has 6 nitrogen and oxygen atoms in total. The van der Waals surface area contributed by atoms with E-state index in [0.717, 1.165) is 19.3 Å². The maximum absolute atomic E-state index is 12.3. The van der Waals surface area contributed by atoms with Crippen LogP contribution in [-0.4, -0.2) is 27.5 Å². The van der Waals surface area contributed by atoms with Crippen molar-refractivity contribution in [3.8, 4) is 0 Å². The van der Waals surface area contributed by atoms with Crippen molar-refractivity contribution in [1.29, 1.82) is 0 Å². The smallest absolute Gasteiger partial charge is 0.253 e. The Morgan fingerprint density at radius 3 is 2.75 bits per heavy atom. The van der Waals surface area contributed by atoms with Gasteiger partial charge in [0.05, 0.1) is 10.6 Å². The van der Waals surface area contributed by atoms with Crippen molar-refractivity contribution in [2.75, 3.05) is 0 Å². The molecule has 1 aromatic rings. The van der Waals surface area contributed by atoms with E-state index in [4.69, 9.17) is 22.5 Å². The highest BCUT2D eigenvalue weighted by atomic mass is 35.5. The summed E-state index contributed by atoms with van der Waals surface area (Å²) in [6.07, 6.45) is 7.12. The molecule has 1 aromatic heterocycles. The van der Waals surface area contributed by atoms with E-state index in [1.165, 1.54) is 12.4 Å². The van der Waals surface area contributed by atoms with Gasteiger partial charge in [0.1, 0.15) is 5.54 Å². The molecule has 0 radical (unpaired) electrons. The summed E-state index contributed by atoms with van der Waals surface area (Å²) in [5.41, 5.74) is 5.32. The summed E-state index contributed by atoms with van der Waals surface area (Å²) < 4.78 is 0. The lowest BCUT2D eigenvalue weighted by Crippen LogP contribution is -2.58. The second-order valence-corrected chi connectivity index (χ2v) is 5.34. The lowest BCUT2D eigenvalue weighted by atomic mass is 9.80. The molecular weight excluding hydrogens is 280 g/mol. The van der Waals surface area contributed by atoms with E-state index in [9.17, 15) is 4.79 Å². The number of rotatable bonds is 3. The molecule has 1 saturated carbocycles. The van der Waals surface area contributed by atoms with Gasteiger partial charge in [-0.2, -0.15) is 0 Å². The Morgan fingerprint density at radius 1 is 1.45 bits per heavy atom. The van der Waals surface area contributed by atoms with Crippen LogP contribution in [0.25, 0.3) is 0 Å². The average Bonchev–Trinajstić information content (AvgIpc) is 2.47. The Hall–Kier alpha value is -1.82. The molecule has 1 heterocycles. The van der Waals surface area contributed by atoms with Crippen molar-refractivity contribution in [2.24, 2.45) is 10.9 Å². The number of oxime groups is 1. The van der Waals surface area contributed by atoms with Crippen LogP contribution in [0, 0.1) is 0 Å². The number of carbonyl (C=O) groups is 1. The van der Waals surface area contributed by atoms with Gasteiger partial charge >= 0.3 is 0 Å². The summed E-state index contributed by atoms with van der Waals surface area (Å²) in [7, 11) is 0. The van der Waals surface area contributed by atoms with Crippen LogP contribution in [-0.2, 0) is 0 Å². The fraction of sp³-hybridized carbons (Fsp3) is 0.462. The predicted octanol–water partition coefficient (Wildman–Crippen LogP) is 1.91. The summed E-state index contributed by atoms with van der Waals surface area (Å²) in [6.45, 7) is 0. The molecule has 0 saturated heterocycles. The van der Waals surface area contributed by atoms with E-state index in [1.54, 1.807) is 6.07 Å². The van der Waals surface area contributed by atoms with Crippen molar-refractivity contribution in [1.82, 2.24) is 10.3 Å². The number of pyridine rings is 1. The minimum absolute atomic E-state index is 0.0377. The highest BCUT2D eigenvalue weighted by Gasteiger charge is 2.38. The van der Waals surface area contributed by atoms with Crippen molar-refractivity contribution >= 4 is 23.3 Å². The first kappa shape index (κ1) is 14.6. The van der Waals surface area contributed by atoms with Crippen molar-refractivity contribution in [3.63, 3.8) is 0 Å². The molecular formula is C13H17ClN4O2. The number of nitrogens with two attached hydrogens (primary N) is 1. The van der Waals surface area contributed by atoms with Crippen LogP contribution in [0.15, 0.2) is 23.6 Å². The Labute approximate surface area is 122 Å². The summed E-state index contributed by atoms with van der Waals surface area (Å²) >= 11 is 5.96. The van der Waals surface area contributed by atoms with Crippen LogP contribution in [0.5, 0.6) is 0 Å². The summed E-state index contributed by atoms with van der Waals surface area (Å²) in [5.74, 6) is -0.304. The molecule has 1 aliphatic carbocycles. The molecule has 1 aliphatic rings. The van der Waals surface area contributed by atoms with E-state index in [2.05, 4.69) is 15.5 Å². The van der Waals surface area contributed by atoms with Crippen LogP contribution in [0.1, 0.15) is 42.5 Å². The largest absolute Gasteiger partial charge is 0.409 e. The van der Waals surface area contributed by atoms with Gasteiger partial charge in [-0.25, -0.2) is 0 Å². The maximum Gasteiger partial charge on any atom is 0.253 e. The quantitative estimate of drug-likeness (QED) is 0.343. The third-order valence-electron chi connectivity index (χ3n) is 3.68. The van der Waals surface area contributed by atoms with Crippen LogP contribution in [0.2, 0.25) is 5.02 Å². The molecule has 4 N–H and O–H groups in total. The van der Waals surface area contributed by atoms with Crippen LogP contribution < -0.4 is 11.1 Å². The summed E-state index contributed by atoms with van der Waals surface area (Å²) in [4.78, 5) is 16.2. The van der Waals surface area contributed by atoms with Gasteiger partial charge in [-0.15, -0.1) is 0 Å². The molecule has 0 spiro atoms. The first-order chi connectivity index (χ1) is 9.59. The van der Waals surface area contributed by atoms with Gasteiger partial charge in [0.15, 0.2) is 5.84 Å². The van der Waals surface area contributed by atoms with Gasteiger partial charge in [-0.3, -0.25) is 9.78 Å². The molecule has 108 valence electrons. The minimum Gasteiger partial charge on any atom is -0.409 e. The Balaban J connectivity index is 2.24. The van der Waals surface area contributed by atoms with Gasteiger partial charge in [0.2, 0.25) is 0 Å². The van der Waals surface area contributed by atoms with Crippen molar-refractivity contribution in [2.45, 2.75) is 37.6 Å². The van der Waals surface area contributed by atoms with Gasteiger partial charge in [-0.05, 0) is 18.9 Å².